The van der Waals surface area contributed by atoms with Crippen LogP contribution in [0.2, 0.25) is 5.02 Å². The maximum atomic E-state index is 14.3. The first-order valence-electron chi connectivity index (χ1n) is 10.7. The van der Waals surface area contributed by atoms with Gasteiger partial charge in [0.25, 0.3) is 0 Å². The molecule has 1 aliphatic rings. The van der Waals surface area contributed by atoms with Crippen molar-refractivity contribution in [3.05, 3.63) is 70.2 Å². The zero-order chi connectivity index (χ0) is 22.4. The van der Waals surface area contributed by atoms with Crippen molar-refractivity contribution in [2.24, 2.45) is 0 Å². The zero-order valence-electron chi connectivity index (χ0n) is 17.5. The Balaban J connectivity index is 1.85. The van der Waals surface area contributed by atoms with Crippen molar-refractivity contribution < 1.29 is 18.4 Å². The van der Waals surface area contributed by atoms with E-state index in [-0.39, 0.29) is 41.3 Å². The van der Waals surface area contributed by atoms with Gasteiger partial charge in [0.1, 0.15) is 17.7 Å². The number of carbonyl (C=O) groups excluding carboxylic acids is 2. The van der Waals surface area contributed by atoms with Crippen molar-refractivity contribution >= 4 is 23.4 Å². The van der Waals surface area contributed by atoms with E-state index in [1.165, 1.54) is 35.2 Å². The normalized spacial score (nSPS) is 15.0. The maximum Gasteiger partial charge on any atom is 0.243 e. The van der Waals surface area contributed by atoms with E-state index in [1.54, 1.807) is 12.1 Å². The standard InChI is InChI=1S/C24H27ClF2N2O2/c1-2-22(24(31)28-18-6-3-4-7-18)29(15-16-10-12-17(26)13-11-16)23(30)14-19-20(25)8-5-9-21(19)27/h5,8-13,18,22H,2-4,6-7,14-15H2,1H3,(H,28,31). The predicted octanol–water partition coefficient (Wildman–Crippen LogP) is 5.03. The minimum absolute atomic E-state index is 0.101. The minimum atomic E-state index is -0.719. The molecule has 0 aliphatic heterocycles. The number of nitrogens with zero attached hydrogens (tertiary/aromatic N) is 1. The number of hydrogen-bond donors (Lipinski definition) is 1. The van der Waals surface area contributed by atoms with E-state index >= 15 is 0 Å². The van der Waals surface area contributed by atoms with Gasteiger partial charge in [0.2, 0.25) is 11.8 Å². The molecule has 1 fully saturated rings. The second-order valence-electron chi connectivity index (χ2n) is 7.94. The summed E-state index contributed by atoms with van der Waals surface area (Å²) in [6, 6.07) is 9.43. The van der Waals surface area contributed by atoms with Gasteiger partial charge in [-0.25, -0.2) is 8.78 Å². The van der Waals surface area contributed by atoms with E-state index in [4.69, 9.17) is 11.6 Å². The highest BCUT2D eigenvalue weighted by atomic mass is 35.5. The molecule has 4 nitrogen and oxygen atoms in total. The third kappa shape index (κ3) is 6.03. The lowest BCUT2D eigenvalue weighted by atomic mass is 10.1. The Labute approximate surface area is 186 Å². The average Bonchev–Trinajstić information content (AvgIpc) is 3.25. The van der Waals surface area contributed by atoms with Gasteiger partial charge in [-0.15, -0.1) is 0 Å². The van der Waals surface area contributed by atoms with Gasteiger partial charge in [0, 0.05) is 23.2 Å². The van der Waals surface area contributed by atoms with Crippen LogP contribution in [0.3, 0.4) is 0 Å². The molecule has 0 aromatic heterocycles. The summed E-state index contributed by atoms with van der Waals surface area (Å²) in [5.74, 6) is -1.58. The highest BCUT2D eigenvalue weighted by molar-refractivity contribution is 6.31. The van der Waals surface area contributed by atoms with Gasteiger partial charge in [0.05, 0.1) is 6.42 Å². The topological polar surface area (TPSA) is 49.4 Å². The molecule has 0 heterocycles. The van der Waals surface area contributed by atoms with Gasteiger partial charge in [-0.3, -0.25) is 9.59 Å². The summed E-state index contributed by atoms with van der Waals surface area (Å²) in [7, 11) is 0. The summed E-state index contributed by atoms with van der Waals surface area (Å²) in [6.07, 6.45) is 4.14. The van der Waals surface area contributed by atoms with Crippen molar-refractivity contribution in [2.75, 3.05) is 0 Å². The lowest BCUT2D eigenvalue weighted by molar-refractivity contribution is -0.141. The molecule has 3 rings (SSSR count). The maximum absolute atomic E-state index is 14.3. The summed E-state index contributed by atoms with van der Waals surface area (Å²) in [5, 5.41) is 3.22. The minimum Gasteiger partial charge on any atom is -0.352 e. The third-order valence-electron chi connectivity index (χ3n) is 5.74. The molecule has 2 aromatic carbocycles. The van der Waals surface area contributed by atoms with E-state index < -0.39 is 17.8 Å². The van der Waals surface area contributed by atoms with Crippen LogP contribution in [0.15, 0.2) is 42.5 Å². The van der Waals surface area contributed by atoms with Crippen molar-refractivity contribution in [3.63, 3.8) is 0 Å². The van der Waals surface area contributed by atoms with Crippen LogP contribution in [0.1, 0.15) is 50.2 Å². The highest BCUT2D eigenvalue weighted by Crippen LogP contribution is 2.23. The average molecular weight is 449 g/mol. The summed E-state index contributed by atoms with van der Waals surface area (Å²) in [6.45, 7) is 1.95. The molecule has 0 saturated heterocycles. The number of nitrogens with one attached hydrogen (secondary N) is 1. The third-order valence-corrected chi connectivity index (χ3v) is 6.10. The summed E-state index contributed by atoms with van der Waals surface area (Å²) >= 11 is 6.11. The molecule has 0 bridgehead atoms. The van der Waals surface area contributed by atoms with Crippen molar-refractivity contribution in [1.82, 2.24) is 10.2 Å². The van der Waals surface area contributed by atoms with Gasteiger partial charge in [-0.05, 0) is 49.1 Å². The van der Waals surface area contributed by atoms with Crippen LogP contribution < -0.4 is 5.32 Å². The SMILES string of the molecule is CCC(C(=O)NC1CCCC1)N(Cc1ccc(F)cc1)C(=O)Cc1c(F)cccc1Cl. The van der Waals surface area contributed by atoms with Crippen LogP contribution in [0.25, 0.3) is 0 Å². The fourth-order valence-electron chi connectivity index (χ4n) is 4.03. The lowest BCUT2D eigenvalue weighted by Crippen LogP contribution is -2.51. The van der Waals surface area contributed by atoms with Crippen LogP contribution in [0, 0.1) is 11.6 Å². The Hall–Kier alpha value is -2.47. The summed E-state index contributed by atoms with van der Waals surface area (Å²) in [4.78, 5) is 27.8. The quantitative estimate of drug-likeness (QED) is 0.616. The number of benzene rings is 2. The first kappa shape index (κ1) is 23.2. The second kappa shape index (κ2) is 10.7. The Morgan fingerprint density at radius 3 is 2.42 bits per heavy atom. The molecule has 0 spiro atoms. The second-order valence-corrected chi connectivity index (χ2v) is 8.35. The lowest BCUT2D eigenvalue weighted by Gasteiger charge is -2.31. The van der Waals surface area contributed by atoms with Gasteiger partial charge >= 0.3 is 0 Å². The Bertz CT molecular complexity index is 894. The van der Waals surface area contributed by atoms with Gasteiger partial charge in [0.15, 0.2) is 0 Å². The summed E-state index contributed by atoms with van der Waals surface area (Å²) < 4.78 is 27.6. The number of hydrogen-bond acceptors (Lipinski definition) is 2. The molecule has 1 saturated carbocycles. The first-order valence-corrected chi connectivity index (χ1v) is 11.0. The van der Waals surface area contributed by atoms with Crippen molar-refractivity contribution in [2.45, 2.75) is 64.1 Å². The summed E-state index contributed by atoms with van der Waals surface area (Å²) in [5.41, 5.74) is 0.783. The van der Waals surface area contributed by atoms with Crippen LogP contribution >= 0.6 is 11.6 Å². The largest absolute Gasteiger partial charge is 0.352 e. The predicted molar refractivity (Wildman–Crippen MR) is 117 cm³/mol. The molecule has 1 unspecified atom stereocenters. The van der Waals surface area contributed by atoms with E-state index in [9.17, 15) is 18.4 Å². The Kier molecular flexibility index (Phi) is 8.02. The van der Waals surface area contributed by atoms with Gasteiger partial charge in [-0.1, -0.05) is 49.6 Å². The van der Waals surface area contributed by atoms with Crippen LogP contribution in [-0.2, 0) is 22.6 Å². The number of amides is 2. The number of carbonyl (C=O) groups is 2. The molecule has 166 valence electrons. The molecule has 1 atom stereocenters. The van der Waals surface area contributed by atoms with Crippen LogP contribution in [-0.4, -0.2) is 28.8 Å². The Morgan fingerprint density at radius 1 is 1.13 bits per heavy atom. The van der Waals surface area contributed by atoms with Gasteiger partial charge in [-0.2, -0.15) is 0 Å². The molecule has 2 amide bonds. The zero-order valence-corrected chi connectivity index (χ0v) is 18.3. The molecule has 0 radical (unpaired) electrons. The van der Waals surface area contributed by atoms with Crippen LogP contribution in [0.4, 0.5) is 8.78 Å². The molecule has 7 heteroatoms. The first-order chi connectivity index (χ1) is 14.9. The van der Waals surface area contributed by atoms with E-state index in [0.29, 0.717) is 12.0 Å². The molecule has 2 aromatic rings. The smallest absolute Gasteiger partial charge is 0.243 e. The molecule has 31 heavy (non-hydrogen) atoms. The monoisotopic (exact) mass is 448 g/mol. The van der Waals surface area contributed by atoms with E-state index in [0.717, 1.165) is 25.7 Å². The molecular formula is C24H27ClF2N2O2. The highest BCUT2D eigenvalue weighted by Gasteiger charge is 2.31. The fraction of sp³-hybridized carbons (Fsp3) is 0.417. The van der Waals surface area contributed by atoms with Crippen LogP contribution in [0.5, 0.6) is 0 Å². The van der Waals surface area contributed by atoms with Crippen molar-refractivity contribution in [1.29, 1.82) is 0 Å². The molecule has 1 aliphatic carbocycles. The number of rotatable bonds is 8. The fourth-order valence-corrected chi connectivity index (χ4v) is 4.26. The number of halogens is 3. The van der Waals surface area contributed by atoms with E-state index in [2.05, 4.69) is 5.32 Å². The Morgan fingerprint density at radius 2 is 1.81 bits per heavy atom. The van der Waals surface area contributed by atoms with E-state index in [1.807, 2.05) is 6.92 Å². The molecular weight excluding hydrogens is 422 g/mol. The van der Waals surface area contributed by atoms with Crippen molar-refractivity contribution in [3.8, 4) is 0 Å². The van der Waals surface area contributed by atoms with Gasteiger partial charge < -0.3 is 10.2 Å². The molecule has 1 N–H and O–H groups in total.